The summed E-state index contributed by atoms with van der Waals surface area (Å²) in [6.45, 7) is 4.35. The Morgan fingerprint density at radius 2 is 2.12 bits per heavy atom. The zero-order chi connectivity index (χ0) is 12.1. The van der Waals surface area contributed by atoms with E-state index in [4.69, 9.17) is 5.11 Å². The van der Waals surface area contributed by atoms with E-state index in [-0.39, 0.29) is 6.04 Å². The number of piperazine rings is 1. The van der Waals surface area contributed by atoms with Gasteiger partial charge in [-0.15, -0.1) is 0 Å². The molecule has 0 aromatic heterocycles. The zero-order valence-corrected chi connectivity index (χ0v) is 10.5. The number of carboxylic acid groups (broad SMARTS) is 1. The number of aliphatic carboxylic acids is 1. The van der Waals surface area contributed by atoms with Crippen LogP contribution in [0.25, 0.3) is 0 Å². The first kappa shape index (κ1) is 13.4. The summed E-state index contributed by atoms with van der Waals surface area (Å²) in [6, 6.07) is -0.332. The van der Waals surface area contributed by atoms with Crippen molar-refractivity contribution < 1.29 is 9.90 Å². The van der Waals surface area contributed by atoms with Crippen molar-refractivity contribution in [3.05, 3.63) is 0 Å². The Morgan fingerprint density at radius 3 is 2.69 bits per heavy atom. The minimum atomic E-state index is -0.698. The van der Waals surface area contributed by atoms with E-state index in [0.717, 1.165) is 32.6 Å². The molecule has 0 aliphatic carbocycles. The van der Waals surface area contributed by atoms with Gasteiger partial charge in [0.15, 0.2) is 0 Å². The second-order valence-electron chi connectivity index (χ2n) is 4.81. The van der Waals surface area contributed by atoms with Gasteiger partial charge in [-0.1, -0.05) is 0 Å². The third-order valence-corrected chi connectivity index (χ3v) is 3.03. The molecule has 1 heterocycles. The van der Waals surface area contributed by atoms with Gasteiger partial charge in [-0.2, -0.15) is 0 Å². The molecule has 1 aliphatic rings. The fraction of sp³-hybridized carbons (Fsp3) is 0.909. The molecular weight excluding hydrogens is 206 g/mol. The molecular formula is C11H23N3O2. The highest BCUT2D eigenvalue weighted by molar-refractivity contribution is 5.73. The predicted octanol–water partition coefficient (Wildman–Crippen LogP) is -0.361. The average molecular weight is 229 g/mol. The number of hydrogen-bond donors (Lipinski definition) is 1. The third-order valence-electron chi connectivity index (χ3n) is 3.03. The first-order chi connectivity index (χ1) is 7.50. The van der Waals surface area contributed by atoms with Gasteiger partial charge in [0.05, 0.1) is 0 Å². The van der Waals surface area contributed by atoms with Gasteiger partial charge >= 0.3 is 5.97 Å². The van der Waals surface area contributed by atoms with Crippen LogP contribution in [0.3, 0.4) is 0 Å². The number of rotatable bonds is 5. The van der Waals surface area contributed by atoms with Crippen molar-refractivity contribution in [1.29, 1.82) is 0 Å². The fourth-order valence-electron chi connectivity index (χ4n) is 2.05. The standard InChI is InChI=1S/C11H23N3O2/c1-12(2)5-4-6-14-8-7-13(3)9-10(14)11(15)16/h10H,4-9H2,1-3H3,(H,15,16). The van der Waals surface area contributed by atoms with Gasteiger partial charge in [-0.3, -0.25) is 9.69 Å². The molecule has 1 N–H and O–H groups in total. The Kier molecular flexibility index (Phi) is 5.18. The lowest BCUT2D eigenvalue weighted by molar-refractivity contribution is -0.145. The lowest BCUT2D eigenvalue weighted by Gasteiger charge is -2.37. The topological polar surface area (TPSA) is 47.0 Å². The average Bonchev–Trinajstić information content (AvgIpc) is 2.19. The van der Waals surface area contributed by atoms with E-state index < -0.39 is 5.97 Å². The Bertz CT molecular complexity index is 233. The Hall–Kier alpha value is -0.650. The van der Waals surface area contributed by atoms with Crippen LogP contribution in [0.5, 0.6) is 0 Å². The summed E-state index contributed by atoms with van der Waals surface area (Å²) in [5.74, 6) is -0.698. The fourth-order valence-corrected chi connectivity index (χ4v) is 2.05. The van der Waals surface area contributed by atoms with Gasteiger partial charge < -0.3 is 14.9 Å². The predicted molar refractivity (Wildman–Crippen MR) is 63.7 cm³/mol. The lowest BCUT2D eigenvalue weighted by Crippen LogP contribution is -2.55. The first-order valence-corrected chi connectivity index (χ1v) is 5.81. The van der Waals surface area contributed by atoms with E-state index in [1.165, 1.54) is 0 Å². The summed E-state index contributed by atoms with van der Waals surface area (Å²) < 4.78 is 0. The molecule has 1 rings (SSSR count). The van der Waals surface area contributed by atoms with E-state index in [0.29, 0.717) is 6.54 Å². The highest BCUT2D eigenvalue weighted by Gasteiger charge is 2.30. The summed E-state index contributed by atoms with van der Waals surface area (Å²) in [4.78, 5) is 17.4. The molecule has 94 valence electrons. The van der Waals surface area contributed by atoms with Crippen molar-refractivity contribution in [2.75, 3.05) is 53.9 Å². The minimum absolute atomic E-state index is 0.332. The Morgan fingerprint density at radius 1 is 1.44 bits per heavy atom. The summed E-state index contributed by atoms with van der Waals surface area (Å²) in [5, 5.41) is 9.16. The van der Waals surface area contributed by atoms with Crippen LogP contribution in [0.4, 0.5) is 0 Å². The molecule has 0 bridgehead atoms. The molecule has 0 radical (unpaired) electrons. The van der Waals surface area contributed by atoms with Crippen LogP contribution in [0, 0.1) is 0 Å². The summed E-state index contributed by atoms with van der Waals surface area (Å²) >= 11 is 0. The van der Waals surface area contributed by atoms with Crippen LogP contribution in [-0.2, 0) is 4.79 Å². The van der Waals surface area contributed by atoms with Gasteiger partial charge in [0, 0.05) is 26.2 Å². The highest BCUT2D eigenvalue weighted by Crippen LogP contribution is 2.09. The zero-order valence-electron chi connectivity index (χ0n) is 10.5. The molecule has 5 heteroatoms. The van der Waals surface area contributed by atoms with Crippen molar-refractivity contribution >= 4 is 5.97 Å². The van der Waals surface area contributed by atoms with Crippen LogP contribution < -0.4 is 0 Å². The van der Waals surface area contributed by atoms with Crippen LogP contribution in [0.15, 0.2) is 0 Å². The molecule has 1 aliphatic heterocycles. The second-order valence-corrected chi connectivity index (χ2v) is 4.81. The van der Waals surface area contributed by atoms with Gasteiger partial charge in [-0.05, 0) is 34.1 Å². The monoisotopic (exact) mass is 229 g/mol. The molecule has 1 saturated heterocycles. The van der Waals surface area contributed by atoms with Crippen LogP contribution in [-0.4, -0.2) is 85.7 Å². The van der Waals surface area contributed by atoms with Crippen LogP contribution >= 0.6 is 0 Å². The molecule has 0 saturated carbocycles. The van der Waals surface area contributed by atoms with E-state index in [1.54, 1.807) is 0 Å². The second kappa shape index (κ2) is 6.18. The van der Waals surface area contributed by atoms with Crippen molar-refractivity contribution in [3.8, 4) is 0 Å². The molecule has 16 heavy (non-hydrogen) atoms. The molecule has 0 aromatic carbocycles. The normalized spacial score (nSPS) is 23.9. The van der Waals surface area contributed by atoms with Crippen molar-refractivity contribution in [1.82, 2.24) is 14.7 Å². The Labute approximate surface area is 97.6 Å². The van der Waals surface area contributed by atoms with E-state index in [9.17, 15) is 4.79 Å². The van der Waals surface area contributed by atoms with E-state index in [2.05, 4.69) is 14.7 Å². The number of carbonyl (C=O) groups is 1. The minimum Gasteiger partial charge on any atom is -0.480 e. The number of likely N-dealkylation sites (N-methyl/N-ethyl adjacent to an activating group) is 1. The smallest absolute Gasteiger partial charge is 0.322 e. The third kappa shape index (κ3) is 4.08. The van der Waals surface area contributed by atoms with Gasteiger partial charge in [0.25, 0.3) is 0 Å². The van der Waals surface area contributed by atoms with Crippen molar-refractivity contribution in [3.63, 3.8) is 0 Å². The summed E-state index contributed by atoms with van der Waals surface area (Å²) in [7, 11) is 6.06. The maximum Gasteiger partial charge on any atom is 0.322 e. The van der Waals surface area contributed by atoms with Gasteiger partial charge in [-0.25, -0.2) is 0 Å². The van der Waals surface area contributed by atoms with Crippen LogP contribution in [0.1, 0.15) is 6.42 Å². The van der Waals surface area contributed by atoms with Crippen molar-refractivity contribution in [2.24, 2.45) is 0 Å². The molecule has 1 fully saturated rings. The van der Waals surface area contributed by atoms with Gasteiger partial charge in [0.1, 0.15) is 6.04 Å². The Balaban J connectivity index is 2.40. The molecule has 1 atom stereocenters. The SMILES string of the molecule is CN(C)CCCN1CCN(C)CC1C(=O)O. The van der Waals surface area contributed by atoms with E-state index >= 15 is 0 Å². The number of carboxylic acids is 1. The maximum absolute atomic E-state index is 11.1. The lowest BCUT2D eigenvalue weighted by atomic mass is 10.1. The molecule has 0 amide bonds. The quantitative estimate of drug-likeness (QED) is 0.697. The summed E-state index contributed by atoms with van der Waals surface area (Å²) in [5.41, 5.74) is 0. The highest BCUT2D eigenvalue weighted by atomic mass is 16.4. The maximum atomic E-state index is 11.1. The number of hydrogen-bond acceptors (Lipinski definition) is 4. The molecule has 1 unspecified atom stereocenters. The van der Waals surface area contributed by atoms with E-state index in [1.807, 2.05) is 21.1 Å². The number of nitrogens with zero attached hydrogens (tertiary/aromatic N) is 3. The van der Waals surface area contributed by atoms with Crippen LogP contribution in [0.2, 0.25) is 0 Å². The largest absolute Gasteiger partial charge is 0.480 e. The first-order valence-electron chi connectivity index (χ1n) is 5.81. The molecule has 5 nitrogen and oxygen atoms in total. The van der Waals surface area contributed by atoms with Gasteiger partial charge in [0.2, 0.25) is 0 Å². The molecule has 0 aromatic rings. The molecule has 0 spiro atoms. The van der Waals surface area contributed by atoms with Crippen molar-refractivity contribution in [2.45, 2.75) is 12.5 Å². The summed E-state index contributed by atoms with van der Waals surface area (Å²) in [6.07, 6.45) is 1.03.